The quantitative estimate of drug-likeness (QED) is 0.716. The van der Waals surface area contributed by atoms with Gasteiger partial charge in [0.15, 0.2) is 0 Å². The number of fused-ring (bicyclic) bond motifs is 5. The van der Waals surface area contributed by atoms with Crippen molar-refractivity contribution in [2.45, 2.75) is 78.7 Å². The maximum absolute atomic E-state index is 13.3. The van der Waals surface area contributed by atoms with Crippen LogP contribution in [0.1, 0.15) is 72.6 Å². The molecule has 0 heterocycles. The lowest BCUT2D eigenvalue weighted by Crippen LogP contribution is -2.59. The Hall–Kier alpha value is -0.370. The normalized spacial score (nSPS) is 59.2. The van der Waals surface area contributed by atoms with Crippen molar-refractivity contribution in [3.8, 4) is 0 Å². The number of carbonyl (C=O) groups excluding carboxylic acids is 1. The van der Waals surface area contributed by atoms with Crippen LogP contribution in [-0.2, 0) is 4.79 Å². The highest BCUT2D eigenvalue weighted by Gasteiger charge is 2.63. The van der Waals surface area contributed by atoms with Crippen molar-refractivity contribution in [1.29, 1.82) is 0 Å². The molecule has 0 bridgehead atoms. The number of hydrogen-bond donors (Lipinski definition) is 1. The predicted molar refractivity (Wildman–Crippen MR) is 91.8 cm³/mol. The molecule has 0 spiro atoms. The number of rotatable bonds is 0. The van der Waals surface area contributed by atoms with Crippen LogP contribution in [0.2, 0.25) is 0 Å². The van der Waals surface area contributed by atoms with E-state index in [-0.39, 0.29) is 22.9 Å². The predicted octanol–water partition coefficient (Wildman–Crippen LogP) is 4.45. The summed E-state index contributed by atoms with van der Waals surface area (Å²) in [6, 6.07) is 0. The van der Waals surface area contributed by atoms with Crippen LogP contribution in [0.15, 0.2) is 0 Å². The van der Waals surface area contributed by atoms with Gasteiger partial charge in [0, 0.05) is 12.3 Å². The highest BCUT2D eigenvalue weighted by atomic mass is 16.3. The molecule has 0 aromatic rings. The third-order valence-corrected chi connectivity index (χ3v) is 9.32. The molecule has 4 aliphatic carbocycles. The van der Waals surface area contributed by atoms with Crippen LogP contribution in [0.25, 0.3) is 0 Å². The molecule has 0 amide bonds. The highest BCUT2D eigenvalue weighted by molar-refractivity contribution is 5.84. The van der Waals surface area contributed by atoms with E-state index in [9.17, 15) is 9.90 Å². The van der Waals surface area contributed by atoms with Gasteiger partial charge in [-0.15, -0.1) is 0 Å². The van der Waals surface area contributed by atoms with E-state index >= 15 is 0 Å². The average molecular weight is 319 g/mol. The van der Waals surface area contributed by atoms with Crippen LogP contribution in [0.5, 0.6) is 0 Å². The summed E-state index contributed by atoms with van der Waals surface area (Å²) in [7, 11) is 0. The van der Waals surface area contributed by atoms with E-state index in [1.165, 1.54) is 25.7 Å². The minimum absolute atomic E-state index is 0.145. The summed E-state index contributed by atoms with van der Waals surface area (Å²) in [4.78, 5) is 13.3. The number of Topliss-reactive ketones (excluding diaryl/α,β-unsaturated/α-hetero) is 1. The van der Waals surface area contributed by atoms with E-state index in [1.807, 2.05) is 0 Å². The van der Waals surface area contributed by atoms with Gasteiger partial charge >= 0.3 is 0 Å². The Kier molecular flexibility index (Phi) is 3.55. The monoisotopic (exact) mass is 318 g/mol. The summed E-state index contributed by atoms with van der Waals surface area (Å²) in [6.45, 7) is 9.41. The first-order valence-corrected chi connectivity index (χ1v) is 10.00. The zero-order valence-corrected chi connectivity index (χ0v) is 15.3. The summed E-state index contributed by atoms with van der Waals surface area (Å²) in [5, 5.41) is 10.3. The molecule has 0 radical (unpaired) electrons. The van der Waals surface area contributed by atoms with Crippen molar-refractivity contribution in [3.63, 3.8) is 0 Å². The molecule has 1 N–H and O–H groups in total. The van der Waals surface area contributed by atoms with Gasteiger partial charge in [0.25, 0.3) is 0 Å². The lowest BCUT2D eigenvalue weighted by molar-refractivity contribution is -0.168. The van der Waals surface area contributed by atoms with Crippen LogP contribution >= 0.6 is 0 Å². The molecular formula is C21H34O2. The molecule has 4 fully saturated rings. The Balaban J connectivity index is 1.71. The lowest BCUT2D eigenvalue weighted by atomic mass is 9.43. The third kappa shape index (κ3) is 2.00. The number of aliphatic hydroxyl groups excluding tert-OH is 1. The average Bonchev–Trinajstić information content (AvgIpc) is 2.78. The molecule has 2 heteroatoms. The standard InChI is InChI=1S/C21H34O2/c1-12-5-7-16-14-6-8-15-13(2)17(22)9-10-20(15,3)19(14)18(23)11-21(12,16)4/h12-17,19,22H,5-11H2,1-4H3/t12-,13+,14-,15-,16-,17+,19+,20-,21+/m0/s1. The second-order valence-electron chi connectivity index (χ2n) is 10.0. The fourth-order valence-electron chi connectivity index (χ4n) is 7.77. The molecule has 4 rings (SSSR count). The molecule has 0 unspecified atom stereocenters. The van der Waals surface area contributed by atoms with Crippen molar-refractivity contribution < 1.29 is 9.90 Å². The molecule has 0 aliphatic heterocycles. The Morgan fingerprint density at radius 2 is 1.65 bits per heavy atom. The van der Waals surface area contributed by atoms with Gasteiger partial charge in [-0.25, -0.2) is 0 Å². The largest absolute Gasteiger partial charge is 0.393 e. The molecular weight excluding hydrogens is 284 g/mol. The number of ketones is 1. The van der Waals surface area contributed by atoms with Gasteiger partial charge in [0.05, 0.1) is 6.10 Å². The van der Waals surface area contributed by atoms with Gasteiger partial charge in [-0.1, -0.05) is 27.7 Å². The summed E-state index contributed by atoms with van der Waals surface area (Å²) in [5.41, 5.74) is 0.410. The number of aliphatic hydroxyl groups is 1. The first-order valence-electron chi connectivity index (χ1n) is 10.00. The minimum atomic E-state index is -0.153. The van der Waals surface area contributed by atoms with Crippen LogP contribution in [0.3, 0.4) is 0 Å². The molecule has 23 heavy (non-hydrogen) atoms. The Morgan fingerprint density at radius 3 is 2.39 bits per heavy atom. The van der Waals surface area contributed by atoms with Crippen molar-refractivity contribution in [3.05, 3.63) is 0 Å². The zero-order valence-electron chi connectivity index (χ0n) is 15.3. The molecule has 4 saturated carbocycles. The molecule has 9 atom stereocenters. The molecule has 0 saturated heterocycles. The maximum atomic E-state index is 13.3. The maximum Gasteiger partial charge on any atom is 0.137 e. The van der Waals surface area contributed by atoms with E-state index in [0.29, 0.717) is 29.5 Å². The summed E-state index contributed by atoms with van der Waals surface area (Å²) < 4.78 is 0. The zero-order chi connectivity index (χ0) is 16.6. The first kappa shape index (κ1) is 16.1. The van der Waals surface area contributed by atoms with E-state index in [4.69, 9.17) is 0 Å². The van der Waals surface area contributed by atoms with Gasteiger partial charge in [-0.05, 0) is 78.9 Å². The van der Waals surface area contributed by atoms with Gasteiger partial charge in [0.1, 0.15) is 5.78 Å². The minimum Gasteiger partial charge on any atom is -0.393 e. The van der Waals surface area contributed by atoms with Gasteiger partial charge in [-0.2, -0.15) is 0 Å². The third-order valence-electron chi connectivity index (χ3n) is 9.32. The van der Waals surface area contributed by atoms with Gasteiger partial charge < -0.3 is 5.11 Å². The fourth-order valence-corrected chi connectivity index (χ4v) is 7.77. The SMILES string of the molecule is C[C@H]1[C@H](O)CC[C@@]2(C)[C@H]1CC[C@H]1[C@@H]3CC[C@H](C)[C@@]3(C)CC(=O)[C@@H]12. The van der Waals surface area contributed by atoms with Crippen LogP contribution in [-0.4, -0.2) is 17.0 Å². The second kappa shape index (κ2) is 5.07. The van der Waals surface area contributed by atoms with Crippen molar-refractivity contribution in [1.82, 2.24) is 0 Å². The van der Waals surface area contributed by atoms with E-state index in [1.54, 1.807) is 0 Å². The van der Waals surface area contributed by atoms with E-state index in [0.717, 1.165) is 25.2 Å². The van der Waals surface area contributed by atoms with Crippen LogP contribution in [0, 0.1) is 46.3 Å². The molecule has 4 aliphatic rings. The topological polar surface area (TPSA) is 37.3 Å². The smallest absolute Gasteiger partial charge is 0.137 e. The van der Waals surface area contributed by atoms with Crippen LogP contribution in [0.4, 0.5) is 0 Å². The van der Waals surface area contributed by atoms with Gasteiger partial charge in [0.2, 0.25) is 0 Å². The van der Waals surface area contributed by atoms with Crippen molar-refractivity contribution in [2.75, 3.05) is 0 Å². The van der Waals surface area contributed by atoms with E-state index in [2.05, 4.69) is 27.7 Å². The summed E-state index contributed by atoms with van der Waals surface area (Å²) >= 11 is 0. The molecule has 0 aromatic heterocycles. The first-order chi connectivity index (χ1) is 10.8. The van der Waals surface area contributed by atoms with E-state index < -0.39 is 0 Å². The summed E-state index contributed by atoms with van der Waals surface area (Å²) in [6.07, 6.45) is 7.71. The highest BCUT2D eigenvalue weighted by Crippen LogP contribution is 2.66. The Labute approximate surface area is 141 Å². The van der Waals surface area contributed by atoms with Crippen LogP contribution < -0.4 is 0 Å². The second-order valence-corrected chi connectivity index (χ2v) is 10.0. The Bertz CT molecular complexity index is 514. The fraction of sp³-hybridized carbons (Fsp3) is 0.952. The number of hydrogen-bond acceptors (Lipinski definition) is 2. The Morgan fingerprint density at radius 1 is 0.957 bits per heavy atom. The molecule has 0 aromatic carbocycles. The van der Waals surface area contributed by atoms with Gasteiger partial charge in [-0.3, -0.25) is 4.79 Å². The molecule has 2 nitrogen and oxygen atoms in total. The lowest BCUT2D eigenvalue weighted by Gasteiger charge is -2.61. The van der Waals surface area contributed by atoms with Crippen molar-refractivity contribution >= 4 is 5.78 Å². The van der Waals surface area contributed by atoms with Crippen molar-refractivity contribution in [2.24, 2.45) is 46.3 Å². The molecule has 130 valence electrons. The number of carbonyl (C=O) groups is 1. The summed E-state index contributed by atoms with van der Waals surface area (Å²) in [5.74, 6) is 3.83.